The third-order valence-corrected chi connectivity index (χ3v) is 2.56. The van der Waals surface area contributed by atoms with Crippen LogP contribution in [-0.2, 0) is 4.79 Å². The summed E-state index contributed by atoms with van der Waals surface area (Å²) in [6.45, 7) is 1.40. The fourth-order valence-corrected chi connectivity index (χ4v) is 1.69. The first-order valence-corrected chi connectivity index (χ1v) is 6.13. The number of nitrogens with zero attached hydrogens (tertiary/aromatic N) is 2. The molecule has 0 aliphatic heterocycles. The molecular formula is C14H14N4O3. The van der Waals surface area contributed by atoms with Gasteiger partial charge in [0.1, 0.15) is 11.4 Å². The molecular weight excluding hydrogens is 272 g/mol. The van der Waals surface area contributed by atoms with Gasteiger partial charge >= 0.3 is 0 Å². The molecule has 1 aromatic carbocycles. The van der Waals surface area contributed by atoms with E-state index in [-0.39, 0.29) is 11.6 Å². The van der Waals surface area contributed by atoms with Gasteiger partial charge in [-0.3, -0.25) is 14.6 Å². The summed E-state index contributed by atoms with van der Waals surface area (Å²) in [5, 5.41) is 5.31. The van der Waals surface area contributed by atoms with Crippen molar-refractivity contribution in [2.75, 3.05) is 17.7 Å². The quantitative estimate of drug-likeness (QED) is 0.892. The SMILES string of the molecule is COc1ccc(NC(C)=O)cc1NC(=O)c1cnccn1. The van der Waals surface area contributed by atoms with Crippen LogP contribution < -0.4 is 15.4 Å². The van der Waals surface area contributed by atoms with Crippen LogP contribution in [-0.4, -0.2) is 28.9 Å². The van der Waals surface area contributed by atoms with Crippen molar-refractivity contribution in [2.24, 2.45) is 0 Å². The molecule has 1 heterocycles. The van der Waals surface area contributed by atoms with Crippen LogP contribution in [0.2, 0.25) is 0 Å². The molecule has 0 aliphatic carbocycles. The van der Waals surface area contributed by atoms with Crippen LogP contribution in [0.25, 0.3) is 0 Å². The monoisotopic (exact) mass is 286 g/mol. The minimum absolute atomic E-state index is 0.185. The summed E-state index contributed by atoms with van der Waals surface area (Å²) in [6, 6.07) is 4.93. The van der Waals surface area contributed by atoms with Crippen molar-refractivity contribution in [1.82, 2.24) is 9.97 Å². The number of nitrogens with one attached hydrogen (secondary N) is 2. The molecule has 0 saturated carbocycles. The van der Waals surface area contributed by atoms with Gasteiger partial charge in [0.15, 0.2) is 0 Å². The van der Waals surface area contributed by atoms with Gasteiger partial charge in [0, 0.05) is 25.0 Å². The van der Waals surface area contributed by atoms with Crippen molar-refractivity contribution in [3.8, 4) is 5.75 Å². The van der Waals surface area contributed by atoms with E-state index in [4.69, 9.17) is 4.74 Å². The number of aromatic nitrogens is 2. The Kier molecular flexibility index (Phi) is 4.45. The second-order valence-corrected chi connectivity index (χ2v) is 4.14. The fourth-order valence-electron chi connectivity index (χ4n) is 1.69. The van der Waals surface area contributed by atoms with E-state index in [1.165, 1.54) is 32.6 Å². The molecule has 0 atom stereocenters. The van der Waals surface area contributed by atoms with Gasteiger partial charge < -0.3 is 15.4 Å². The van der Waals surface area contributed by atoms with Gasteiger partial charge in [0.05, 0.1) is 19.0 Å². The van der Waals surface area contributed by atoms with Gasteiger partial charge in [-0.1, -0.05) is 0 Å². The second kappa shape index (κ2) is 6.47. The fraction of sp³-hybridized carbons (Fsp3) is 0.143. The van der Waals surface area contributed by atoms with Crippen LogP contribution >= 0.6 is 0 Å². The highest BCUT2D eigenvalue weighted by Crippen LogP contribution is 2.28. The van der Waals surface area contributed by atoms with Gasteiger partial charge in [-0.2, -0.15) is 0 Å². The Labute approximate surface area is 121 Å². The number of amides is 2. The Hall–Kier alpha value is -2.96. The van der Waals surface area contributed by atoms with Crippen LogP contribution in [0.3, 0.4) is 0 Å². The highest BCUT2D eigenvalue weighted by molar-refractivity contribution is 6.04. The molecule has 2 amide bonds. The van der Waals surface area contributed by atoms with Crippen LogP contribution in [0.4, 0.5) is 11.4 Å². The smallest absolute Gasteiger partial charge is 0.275 e. The zero-order valence-electron chi connectivity index (χ0n) is 11.6. The van der Waals surface area contributed by atoms with Crippen molar-refractivity contribution >= 4 is 23.2 Å². The molecule has 0 aliphatic rings. The second-order valence-electron chi connectivity index (χ2n) is 4.14. The van der Waals surface area contributed by atoms with Crippen LogP contribution in [0, 0.1) is 0 Å². The average Bonchev–Trinajstić information content (AvgIpc) is 2.48. The van der Waals surface area contributed by atoms with Gasteiger partial charge in [0.2, 0.25) is 5.91 Å². The van der Waals surface area contributed by atoms with E-state index in [1.807, 2.05) is 0 Å². The van der Waals surface area contributed by atoms with E-state index in [0.717, 1.165) is 0 Å². The highest BCUT2D eigenvalue weighted by atomic mass is 16.5. The summed E-state index contributed by atoms with van der Waals surface area (Å²) in [5.74, 6) is -0.144. The first kappa shape index (κ1) is 14.4. The van der Waals surface area contributed by atoms with Gasteiger partial charge in [0.25, 0.3) is 5.91 Å². The molecule has 0 saturated heterocycles. The van der Waals surface area contributed by atoms with E-state index < -0.39 is 5.91 Å². The molecule has 0 fully saturated rings. The summed E-state index contributed by atoms with van der Waals surface area (Å²) < 4.78 is 5.18. The number of carbonyl (C=O) groups excluding carboxylic acids is 2. The van der Waals surface area contributed by atoms with Crippen molar-refractivity contribution in [3.63, 3.8) is 0 Å². The van der Waals surface area contributed by atoms with Crippen molar-refractivity contribution in [3.05, 3.63) is 42.5 Å². The number of rotatable bonds is 4. The first-order chi connectivity index (χ1) is 10.1. The molecule has 7 nitrogen and oxygen atoms in total. The van der Waals surface area contributed by atoms with Gasteiger partial charge in [-0.15, -0.1) is 0 Å². The maximum atomic E-state index is 12.1. The predicted octanol–water partition coefficient (Wildman–Crippen LogP) is 1.70. The molecule has 21 heavy (non-hydrogen) atoms. The Bertz CT molecular complexity index is 659. The van der Waals surface area contributed by atoms with Crippen LogP contribution in [0.1, 0.15) is 17.4 Å². The van der Waals surface area contributed by atoms with Crippen LogP contribution in [0.5, 0.6) is 5.75 Å². The van der Waals surface area contributed by atoms with E-state index in [9.17, 15) is 9.59 Å². The Morgan fingerprint density at radius 3 is 2.62 bits per heavy atom. The summed E-state index contributed by atoms with van der Waals surface area (Å²) >= 11 is 0. The van der Waals surface area contributed by atoms with E-state index in [0.29, 0.717) is 17.1 Å². The molecule has 1 aromatic heterocycles. The largest absolute Gasteiger partial charge is 0.495 e. The van der Waals surface area contributed by atoms with Crippen molar-refractivity contribution in [1.29, 1.82) is 0 Å². The lowest BCUT2D eigenvalue weighted by atomic mass is 10.2. The number of hydrogen-bond acceptors (Lipinski definition) is 5. The lowest BCUT2D eigenvalue weighted by molar-refractivity contribution is -0.114. The number of hydrogen-bond donors (Lipinski definition) is 2. The van der Waals surface area contributed by atoms with Crippen LogP contribution in [0.15, 0.2) is 36.8 Å². The Morgan fingerprint density at radius 1 is 1.19 bits per heavy atom. The molecule has 7 heteroatoms. The number of carbonyl (C=O) groups is 2. The maximum Gasteiger partial charge on any atom is 0.275 e. The Morgan fingerprint density at radius 2 is 2.00 bits per heavy atom. The number of ether oxygens (including phenoxy) is 1. The van der Waals surface area contributed by atoms with Crippen molar-refractivity contribution in [2.45, 2.75) is 6.92 Å². The molecule has 0 unspecified atom stereocenters. The standard InChI is InChI=1S/C14H14N4O3/c1-9(19)17-10-3-4-13(21-2)11(7-10)18-14(20)12-8-15-5-6-16-12/h3-8H,1-2H3,(H,17,19)(H,18,20). The normalized spacial score (nSPS) is 9.81. The number of anilines is 2. The number of benzene rings is 1. The zero-order valence-corrected chi connectivity index (χ0v) is 11.6. The average molecular weight is 286 g/mol. The third kappa shape index (κ3) is 3.75. The summed E-state index contributed by atoms with van der Waals surface area (Å²) in [6.07, 6.45) is 4.27. The molecule has 2 aromatic rings. The molecule has 2 rings (SSSR count). The lowest BCUT2D eigenvalue weighted by Gasteiger charge is -2.12. The van der Waals surface area contributed by atoms with Gasteiger partial charge in [-0.25, -0.2) is 4.98 Å². The summed E-state index contributed by atoms with van der Waals surface area (Å²) in [5.41, 5.74) is 1.17. The molecule has 0 spiro atoms. The minimum Gasteiger partial charge on any atom is -0.495 e. The van der Waals surface area contributed by atoms with E-state index in [1.54, 1.807) is 18.2 Å². The molecule has 108 valence electrons. The number of methoxy groups -OCH3 is 1. The molecule has 2 N–H and O–H groups in total. The topological polar surface area (TPSA) is 93.2 Å². The predicted molar refractivity (Wildman–Crippen MR) is 77.3 cm³/mol. The van der Waals surface area contributed by atoms with E-state index in [2.05, 4.69) is 20.6 Å². The molecule has 0 radical (unpaired) electrons. The first-order valence-electron chi connectivity index (χ1n) is 6.13. The maximum absolute atomic E-state index is 12.1. The van der Waals surface area contributed by atoms with Crippen molar-refractivity contribution < 1.29 is 14.3 Å². The molecule has 0 bridgehead atoms. The highest BCUT2D eigenvalue weighted by Gasteiger charge is 2.12. The zero-order chi connectivity index (χ0) is 15.2. The lowest BCUT2D eigenvalue weighted by Crippen LogP contribution is -2.15. The Balaban J connectivity index is 2.25. The summed E-state index contributed by atoms with van der Waals surface area (Å²) in [4.78, 5) is 30.9. The van der Waals surface area contributed by atoms with E-state index >= 15 is 0 Å². The third-order valence-electron chi connectivity index (χ3n) is 2.56. The van der Waals surface area contributed by atoms with Gasteiger partial charge in [-0.05, 0) is 18.2 Å². The minimum atomic E-state index is -0.415. The summed E-state index contributed by atoms with van der Waals surface area (Å²) in [7, 11) is 1.49.